The van der Waals surface area contributed by atoms with Crippen LogP contribution >= 0.6 is 0 Å². The van der Waals surface area contributed by atoms with E-state index in [9.17, 15) is 0 Å². The van der Waals surface area contributed by atoms with Crippen LogP contribution in [0.2, 0.25) is 5.04 Å². The first-order valence-electron chi connectivity index (χ1n) is 5.85. The van der Waals surface area contributed by atoms with Crippen LogP contribution in [0.4, 0.5) is 0 Å². The molecule has 3 N–H and O–H groups in total. The van der Waals surface area contributed by atoms with E-state index in [2.05, 4.69) is 30.1 Å². The molecule has 0 aromatic carbocycles. The van der Waals surface area contributed by atoms with Crippen LogP contribution in [-0.4, -0.2) is 73.3 Å². The second-order valence-electron chi connectivity index (χ2n) is 6.02. The van der Waals surface area contributed by atoms with Gasteiger partial charge in [-0.2, -0.15) is 0 Å². The molecule has 0 spiro atoms. The molecule has 0 aliphatic heterocycles. The van der Waals surface area contributed by atoms with Crippen LogP contribution in [-0.2, 0) is 0 Å². The summed E-state index contributed by atoms with van der Waals surface area (Å²) in [6.07, 6.45) is 0. The predicted molar refractivity (Wildman–Crippen MR) is 77.2 cm³/mol. The summed E-state index contributed by atoms with van der Waals surface area (Å²) in [4.78, 5) is 0. The molecule has 104 valence electrons. The van der Waals surface area contributed by atoms with Gasteiger partial charge in [0.25, 0.3) is 0 Å². The SMILES string of the molecule is CN(C)NC(NN(C)C)(NN(C)C)C(C)(C)[SiH3]. The molecule has 0 atom stereocenters. The summed E-state index contributed by atoms with van der Waals surface area (Å²) in [5, 5.41) is 5.98. The minimum Gasteiger partial charge on any atom is -0.248 e. The van der Waals surface area contributed by atoms with Crippen molar-refractivity contribution in [3.05, 3.63) is 0 Å². The van der Waals surface area contributed by atoms with Gasteiger partial charge in [0, 0.05) is 52.5 Å². The van der Waals surface area contributed by atoms with E-state index >= 15 is 0 Å². The van der Waals surface area contributed by atoms with E-state index in [-0.39, 0.29) is 5.04 Å². The normalized spacial score (nSPS) is 14.3. The maximum Gasteiger partial charge on any atom is 0.163 e. The van der Waals surface area contributed by atoms with Gasteiger partial charge in [0.15, 0.2) is 5.79 Å². The lowest BCUT2D eigenvalue weighted by molar-refractivity contribution is -0.0407. The maximum atomic E-state index is 3.46. The molecular formula is C10H30N6Si. The largest absolute Gasteiger partial charge is 0.248 e. The van der Waals surface area contributed by atoms with Gasteiger partial charge < -0.3 is 0 Å². The van der Waals surface area contributed by atoms with Gasteiger partial charge >= 0.3 is 0 Å². The zero-order chi connectivity index (χ0) is 13.9. The fourth-order valence-corrected chi connectivity index (χ4v) is 1.92. The highest BCUT2D eigenvalue weighted by Gasteiger charge is 2.43. The number of hydrogen-bond acceptors (Lipinski definition) is 6. The minimum atomic E-state index is -0.407. The smallest absolute Gasteiger partial charge is 0.163 e. The second kappa shape index (κ2) is 6.23. The van der Waals surface area contributed by atoms with Crippen molar-refractivity contribution in [2.75, 3.05) is 42.3 Å². The summed E-state index contributed by atoms with van der Waals surface area (Å²) in [6, 6.07) is 0. The molecule has 6 nitrogen and oxygen atoms in total. The van der Waals surface area contributed by atoms with Gasteiger partial charge in [-0.15, -0.1) is 0 Å². The molecule has 0 unspecified atom stereocenters. The highest BCUT2D eigenvalue weighted by atomic mass is 28.1. The van der Waals surface area contributed by atoms with Gasteiger partial charge in [-0.25, -0.2) is 31.3 Å². The first-order valence-corrected chi connectivity index (χ1v) is 6.85. The van der Waals surface area contributed by atoms with Crippen LogP contribution in [0.1, 0.15) is 13.8 Å². The summed E-state index contributed by atoms with van der Waals surface area (Å²) >= 11 is 0. The third-order valence-electron chi connectivity index (χ3n) is 2.30. The Kier molecular flexibility index (Phi) is 6.23. The maximum absolute atomic E-state index is 3.46. The van der Waals surface area contributed by atoms with Gasteiger partial charge in [-0.1, -0.05) is 13.8 Å². The van der Waals surface area contributed by atoms with Crippen LogP contribution in [0.5, 0.6) is 0 Å². The van der Waals surface area contributed by atoms with Crippen LogP contribution < -0.4 is 16.3 Å². The Morgan fingerprint density at radius 3 is 1.06 bits per heavy atom. The Morgan fingerprint density at radius 2 is 0.941 bits per heavy atom. The lowest BCUT2D eigenvalue weighted by Crippen LogP contribution is -2.77. The third kappa shape index (κ3) is 5.43. The van der Waals surface area contributed by atoms with Crippen LogP contribution in [0.25, 0.3) is 0 Å². The number of rotatable bonds is 7. The predicted octanol–water partition coefficient (Wildman–Crippen LogP) is -1.60. The van der Waals surface area contributed by atoms with Crippen LogP contribution in [0.3, 0.4) is 0 Å². The molecule has 0 fully saturated rings. The molecule has 17 heavy (non-hydrogen) atoms. The minimum absolute atomic E-state index is 0.0891. The number of nitrogens with one attached hydrogen (secondary N) is 3. The average Bonchev–Trinajstić information content (AvgIpc) is 1.96. The Bertz CT molecular complexity index is 197. The van der Waals surface area contributed by atoms with Crippen molar-refractivity contribution < 1.29 is 0 Å². The second-order valence-corrected chi connectivity index (χ2v) is 8.52. The fraction of sp³-hybridized carbons (Fsp3) is 1.00. The van der Waals surface area contributed by atoms with E-state index in [1.807, 2.05) is 57.3 Å². The lowest BCUT2D eigenvalue weighted by atomic mass is 10.1. The molecule has 0 saturated heterocycles. The van der Waals surface area contributed by atoms with Gasteiger partial charge in [-0.05, 0) is 5.04 Å². The number of hydrazine groups is 3. The standard InChI is InChI=1S/C10H30N6Si/c1-9(2,17)10(11-14(3)4,12-15(5)6)13-16(7)8/h11-13H,1-8,17H3. The van der Waals surface area contributed by atoms with Gasteiger partial charge in [0.05, 0.1) is 0 Å². The Morgan fingerprint density at radius 1 is 0.706 bits per heavy atom. The summed E-state index contributed by atoms with van der Waals surface area (Å²) < 4.78 is 0. The first kappa shape index (κ1) is 17.0. The molecule has 0 aliphatic carbocycles. The van der Waals surface area contributed by atoms with E-state index in [0.717, 1.165) is 10.2 Å². The molecule has 0 rings (SSSR count). The van der Waals surface area contributed by atoms with E-state index in [4.69, 9.17) is 0 Å². The molecule has 0 aromatic heterocycles. The molecule has 0 saturated carbocycles. The van der Waals surface area contributed by atoms with E-state index in [1.54, 1.807) is 0 Å². The molecule has 0 heterocycles. The summed E-state index contributed by atoms with van der Waals surface area (Å²) in [5.41, 5.74) is 10.4. The molecule has 0 aliphatic rings. The third-order valence-corrected chi connectivity index (χ3v) is 3.05. The van der Waals surface area contributed by atoms with Gasteiger partial charge in [0.2, 0.25) is 0 Å². The summed E-state index contributed by atoms with van der Waals surface area (Å²) in [6.45, 7) is 4.48. The number of hydrogen-bond donors (Lipinski definition) is 3. The zero-order valence-electron chi connectivity index (χ0n) is 12.8. The van der Waals surface area contributed by atoms with Crippen LogP contribution in [0, 0.1) is 0 Å². The summed E-state index contributed by atoms with van der Waals surface area (Å²) in [5.74, 6) is -0.407. The Hall–Kier alpha value is -0.0231. The monoisotopic (exact) mass is 262 g/mol. The van der Waals surface area contributed by atoms with Crippen molar-refractivity contribution in [3.8, 4) is 0 Å². The molecule has 0 amide bonds. The molecule has 7 heteroatoms. The highest BCUT2D eigenvalue weighted by molar-refractivity contribution is 6.15. The first-order chi connectivity index (χ1) is 7.50. The van der Waals surface area contributed by atoms with Crippen LogP contribution in [0.15, 0.2) is 0 Å². The zero-order valence-corrected chi connectivity index (χ0v) is 14.8. The highest BCUT2D eigenvalue weighted by Crippen LogP contribution is 2.30. The van der Waals surface area contributed by atoms with Crippen molar-refractivity contribution in [3.63, 3.8) is 0 Å². The molecule has 0 bridgehead atoms. The summed E-state index contributed by atoms with van der Waals surface area (Å²) in [7, 11) is 13.0. The molecule has 0 radical (unpaired) electrons. The molecule has 0 aromatic rings. The van der Waals surface area contributed by atoms with Gasteiger partial charge in [-0.3, -0.25) is 0 Å². The van der Waals surface area contributed by atoms with E-state index < -0.39 is 5.79 Å². The van der Waals surface area contributed by atoms with Crippen molar-refractivity contribution in [2.24, 2.45) is 0 Å². The number of nitrogens with zero attached hydrogens (tertiary/aromatic N) is 3. The fourth-order valence-electron chi connectivity index (χ4n) is 1.58. The van der Waals surface area contributed by atoms with E-state index in [1.165, 1.54) is 0 Å². The quantitative estimate of drug-likeness (QED) is 0.292. The Balaban J connectivity index is 5.20. The van der Waals surface area contributed by atoms with Crippen molar-refractivity contribution in [2.45, 2.75) is 24.7 Å². The molecular weight excluding hydrogens is 232 g/mol. The van der Waals surface area contributed by atoms with Gasteiger partial charge in [0.1, 0.15) is 0 Å². The average molecular weight is 262 g/mol. The Labute approximate surface area is 109 Å². The van der Waals surface area contributed by atoms with Crippen molar-refractivity contribution in [1.82, 2.24) is 31.3 Å². The van der Waals surface area contributed by atoms with E-state index in [0.29, 0.717) is 0 Å². The van der Waals surface area contributed by atoms with Crippen molar-refractivity contribution >= 4 is 10.2 Å². The lowest BCUT2D eigenvalue weighted by Gasteiger charge is -2.50. The van der Waals surface area contributed by atoms with Crippen molar-refractivity contribution in [1.29, 1.82) is 0 Å². The topological polar surface area (TPSA) is 45.8 Å².